The molecule has 1 rings (SSSR count). The highest BCUT2D eigenvalue weighted by atomic mass is 32.2. The summed E-state index contributed by atoms with van der Waals surface area (Å²) in [5, 5.41) is 8.74. The first kappa shape index (κ1) is 12.6. The van der Waals surface area contributed by atoms with Crippen molar-refractivity contribution in [2.45, 2.75) is 31.9 Å². The molecule has 1 N–H and O–H groups in total. The van der Waals surface area contributed by atoms with Crippen LogP contribution in [0, 0.1) is 0 Å². The molecule has 1 heterocycles. The fourth-order valence-corrected chi connectivity index (χ4v) is 3.17. The second-order valence-electron chi connectivity index (χ2n) is 3.33. The van der Waals surface area contributed by atoms with Gasteiger partial charge in [-0.2, -0.15) is 11.8 Å². The van der Waals surface area contributed by atoms with Crippen LogP contribution in [0.25, 0.3) is 0 Å². The fraction of sp³-hybridized carbons (Fsp3) is 0.545. The standard InChI is InChI=1S/C11H16O2S2/c1-2-3-4-7-14-8-9-5-6-10(15-9)11(12)13/h5-6H,2-4,7-8H2,1H3,(H,12,13). The van der Waals surface area contributed by atoms with Gasteiger partial charge in [0.1, 0.15) is 4.88 Å². The molecule has 0 spiro atoms. The molecule has 0 fully saturated rings. The molecule has 0 aliphatic heterocycles. The molecule has 84 valence electrons. The molecule has 1 aromatic heterocycles. The number of carbonyl (C=O) groups is 1. The molecule has 4 heteroatoms. The zero-order chi connectivity index (χ0) is 11.1. The smallest absolute Gasteiger partial charge is 0.345 e. The molecule has 0 saturated carbocycles. The number of hydrogen-bond donors (Lipinski definition) is 1. The van der Waals surface area contributed by atoms with Crippen LogP contribution in [0.5, 0.6) is 0 Å². The van der Waals surface area contributed by atoms with E-state index in [1.807, 2.05) is 17.8 Å². The molecule has 0 radical (unpaired) electrons. The number of thioether (sulfide) groups is 1. The van der Waals surface area contributed by atoms with Crippen molar-refractivity contribution >= 4 is 29.1 Å². The second kappa shape index (κ2) is 6.90. The molecule has 0 aliphatic rings. The maximum Gasteiger partial charge on any atom is 0.345 e. The molecule has 1 aromatic rings. The highest BCUT2D eigenvalue weighted by molar-refractivity contribution is 7.98. The number of rotatable bonds is 7. The van der Waals surface area contributed by atoms with Crippen LogP contribution in [0.3, 0.4) is 0 Å². The average Bonchev–Trinajstić information content (AvgIpc) is 2.66. The zero-order valence-electron chi connectivity index (χ0n) is 8.86. The number of carboxylic acids is 1. The Balaban J connectivity index is 2.23. The lowest BCUT2D eigenvalue weighted by Gasteiger charge is -1.98. The van der Waals surface area contributed by atoms with E-state index in [-0.39, 0.29) is 0 Å². The first-order valence-corrected chi connectivity index (χ1v) is 7.11. The molecular weight excluding hydrogens is 228 g/mol. The Morgan fingerprint density at radius 1 is 1.47 bits per heavy atom. The topological polar surface area (TPSA) is 37.3 Å². The minimum absolute atomic E-state index is 0.444. The van der Waals surface area contributed by atoms with E-state index in [1.54, 1.807) is 6.07 Å². The van der Waals surface area contributed by atoms with Crippen molar-refractivity contribution in [2.24, 2.45) is 0 Å². The molecule has 0 bridgehead atoms. The average molecular weight is 244 g/mol. The lowest BCUT2D eigenvalue weighted by atomic mass is 10.3. The van der Waals surface area contributed by atoms with Crippen molar-refractivity contribution in [1.82, 2.24) is 0 Å². The predicted octanol–water partition coefficient (Wildman–Crippen LogP) is 3.87. The van der Waals surface area contributed by atoms with E-state index in [2.05, 4.69) is 6.92 Å². The van der Waals surface area contributed by atoms with Crippen LogP contribution < -0.4 is 0 Å². The monoisotopic (exact) mass is 244 g/mol. The summed E-state index contributed by atoms with van der Waals surface area (Å²) >= 11 is 3.27. The third-order valence-corrected chi connectivity index (χ3v) is 4.36. The fourth-order valence-electron chi connectivity index (χ4n) is 1.20. The summed E-state index contributed by atoms with van der Waals surface area (Å²) in [6.07, 6.45) is 3.80. The molecule has 0 amide bonds. The van der Waals surface area contributed by atoms with Gasteiger partial charge in [0.05, 0.1) is 0 Å². The molecule has 0 unspecified atom stereocenters. The van der Waals surface area contributed by atoms with Gasteiger partial charge in [0.25, 0.3) is 0 Å². The van der Waals surface area contributed by atoms with E-state index in [1.165, 1.54) is 36.4 Å². The van der Waals surface area contributed by atoms with Gasteiger partial charge in [-0.3, -0.25) is 0 Å². The minimum atomic E-state index is -0.817. The Hall–Kier alpha value is -0.480. The normalized spacial score (nSPS) is 10.5. The van der Waals surface area contributed by atoms with Crippen LogP contribution in [0.2, 0.25) is 0 Å². The third kappa shape index (κ3) is 4.71. The molecule has 0 aliphatic carbocycles. The highest BCUT2D eigenvalue weighted by Crippen LogP contribution is 2.22. The van der Waals surface area contributed by atoms with Crippen LogP contribution >= 0.6 is 23.1 Å². The molecule has 0 saturated heterocycles. The lowest BCUT2D eigenvalue weighted by Crippen LogP contribution is -1.89. The molecule has 2 nitrogen and oxygen atoms in total. The molecule has 15 heavy (non-hydrogen) atoms. The predicted molar refractivity (Wildman–Crippen MR) is 67.0 cm³/mol. The summed E-state index contributed by atoms with van der Waals surface area (Å²) < 4.78 is 0. The van der Waals surface area contributed by atoms with Gasteiger partial charge in [-0.05, 0) is 24.3 Å². The second-order valence-corrected chi connectivity index (χ2v) is 5.60. The minimum Gasteiger partial charge on any atom is -0.477 e. The zero-order valence-corrected chi connectivity index (χ0v) is 10.5. The third-order valence-electron chi connectivity index (χ3n) is 2.01. The quantitative estimate of drug-likeness (QED) is 0.740. The molecule has 0 aromatic carbocycles. The van der Waals surface area contributed by atoms with Gasteiger partial charge in [0.15, 0.2) is 0 Å². The van der Waals surface area contributed by atoms with Gasteiger partial charge in [-0.1, -0.05) is 19.8 Å². The van der Waals surface area contributed by atoms with Crippen molar-refractivity contribution in [3.8, 4) is 0 Å². The summed E-state index contributed by atoms with van der Waals surface area (Å²) in [4.78, 5) is 12.2. The van der Waals surface area contributed by atoms with Crippen LogP contribution in [0.1, 0.15) is 40.7 Å². The van der Waals surface area contributed by atoms with Gasteiger partial charge in [0.2, 0.25) is 0 Å². The van der Waals surface area contributed by atoms with Gasteiger partial charge in [0, 0.05) is 10.6 Å². The van der Waals surface area contributed by atoms with Gasteiger partial charge >= 0.3 is 5.97 Å². The van der Waals surface area contributed by atoms with Crippen molar-refractivity contribution in [2.75, 3.05) is 5.75 Å². The number of aromatic carboxylic acids is 1. The Bertz CT molecular complexity index is 307. The molecule has 0 atom stereocenters. The van der Waals surface area contributed by atoms with Crippen LogP contribution in [0.4, 0.5) is 0 Å². The maximum absolute atomic E-state index is 10.6. The number of unbranched alkanes of at least 4 members (excludes halogenated alkanes) is 2. The summed E-state index contributed by atoms with van der Waals surface area (Å²) in [5.74, 6) is 1.30. The van der Waals surface area contributed by atoms with Crippen molar-refractivity contribution < 1.29 is 9.90 Å². The van der Waals surface area contributed by atoms with E-state index < -0.39 is 5.97 Å². The van der Waals surface area contributed by atoms with E-state index in [9.17, 15) is 4.79 Å². The van der Waals surface area contributed by atoms with Crippen molar-refractivity contribution in [3.63, 3.8) is 0 Å². The summed E-state index contributed by atoms with van der Waals surface area (Å²) in [5.41, 5.74) is 0. The summed E-state index contributed by atoms with van der Waals surface area (Å²) in [6, 6.07) is 3.61. The number of thiophene rings is 1. The van der Waals surface area contributed by atoms with Crippen molar-refractivity contribution in [3.05, 3.63) is 21.9 Å². The van der Waals surface area contributed by atoms with Gasteiger partial charge in [-0.25, -0.2) is 4.79 Å². The van der Waals surface area contributed by atoms with Gasteiger partial charge in [-0.15, -0.1) is 11.3 Å². The number of hydrogen-bond acceptors (Lipinski definition) is 3. The molecular formula is C11H16O2S2. The van der Waals surface area contributed by atoms with E-state index in [0.29, 0.717) is 4.88 Å². The Morgan fingerprint density at radius 3 is 2.87 bits per heavy atom. The number of carboxylic acid groups (broad SMARTS) is 1. The summed E-state index contributed by atoms with van der Waals surface area (Å²) in [6.45, 7) is 2.20. The SMILES string of the molecule is CCCCCSCc1ccc(C(=O)O)s1. The van der Waals surface area contributed by atoms with E-state index in [0.717, 1.165) is 10.6 Å². The van der Waals surface area contributed by atoms with Crippen molar-refractivity contribution in [1.29, 1.82) is 0 Å². The largest absolute Gasteiger partial charge is 0.477 e. The Kier molecular flexibility index (Phi) is 5.79. The maximum atomic E-state index is 10.6. The van der Waals surface area contributed by atoms with Crippen LogP contribution in [-0.4, -0.2) is 16.8 Å². The first-order chi connectivity index (χ1) is 7.24. The first-order valence-electron chi connectivity index (χ1n) is 5.13. The van der Waals surface area contributed by atoms with E-state index in [4.69, 9.17) is 5.11 Å². The highest BCUT2D eigenvalue weighted by Gasteiger charge is 2.06. The Morgan fingerprint density at radius 2 is 2.27 bits per heavy atom. The van der Waals surface area contributed by atoms with Gasteiger partial charge < -0.3 is 5.11 Å². The van der Waals surface area contributed by atoms with Crippen LogP contribution in [-0.2, 0) is 5.75 Å². The van der Waals surface area contributed by atoms with Crippen LogP contribution in [0.15, 0.2) is 12.1 Å². The summed E-state index contributed by atoms with van der Waals surface area (Å²) in [7, 11) is 0. The van der Waals surface area contributed by atoms with E-state index >= 15 is 0 Å². The lowest BCUT2D eigenvalue weighted by molar-refractivity contribution is 0.0702. The Labute approximate surface area is 98.7 Å².